The molecule has 0 spiro atoms. The van der Waals surface area contributed by atoms with Gasteiger partial charge in [0.25, 0.3) is 0 Å². The van der Waals surface area contributed by atoms with E-state index in [2.05, 4.69) is 15.4 Å². The minimum atomic E-state index is -3.53. The first kappa shape index (κ1) is 19.9. The van der Waals surface area contributed by atoms with E-state index in [1.165, 1.54) is 12.1 Å². The van der Waals surface area contributed by atoms with E-state index in [9.17, 15) is 18.0 Å². The molecule has 1 aromatic carbocycles. The number of rotatable bonds is 9. The molecule has 0 atom stereocenters. The fourth-order valence-electron chi connectivity index (χ4n) is 1.67. The monoisotopic (exact) mass is 357 g/mol. The van der Waals surface area contributed by atoms with Crippen molar-refractivity contribution in [2.24, 2.45) is 5.92 Å². The van der Waals surface area contributed by atoms with Gasteiger partial charge in [0.1, 0.15) is 0 Å². The Morgan fingerprint density at radius 2 is 1.75 bits per heavy atom. The first-order valence-corrected chi connectivity index (χ1v) is 9.01. The summed E-state index contributed by atoms with van der Waals surface area (Å²) in [5.74, 6) is -0.777. The number of amides is 2. The topological polar surface area (TPSA) is 125 Å². The maximum Gasteiger partial charge on any atom is 0.315 e. The van der Waals surface area contributed by atoms with Gasteiger partial charge in [-0.2, -0.15) is 0 Å². The van der Waals surface area contributed by atoms with Crippen LogP contribution in [0.1, 0.15) is 25.8 Å². The van der Waals surface area contributed by atoms with Crippen molar-refractivity contribution in [3.63, 3.8) is 0 Å². The van der Waals surface area contributed by atoms with E-state index in [1.807, 2.05) is 13.8 Å². The summed E-state index contributed by atoms with van der Waals surface area (Å²) in [7, 11) is -3.53. The second-order valence-corrected chi connectivity index (χ2v) is 7.41. The van der Waals surface area contributed by atoms with Gasteiger partial charge in [-0.1, -0.05) is 26.0 Å². The highest BCUT2D eigenvalue weighted by Crippen LogP contribution is 2.10. The fourth-order valence-corrected chi connectivity index (χ4v) is 2.89. The molecule has 4 N–H and O–H groups in total. The lowest BCUT2D eigenvalue weighted by molar-refractivity contribution is -0.136. The number of carboxylic acids is 1. The van der Waals surface area contributed by atoms with Crippen molar-refractivity contribution in [2.45, 2.75) is 31.7 Å². The van der Waals surface area contributed by atoms with Crippen LogP contribution in [0.4, 0.5) is 4.79 Å². The maximum absolute atomic E-state index is 12.0. The molecule has 0 radical (unpaired) electrons. The van der Waals surface area contributed by atoms with Crippen molar-refractivity contribution in [3.05, 3.63) is 29.8 Å². The van der Waals surface area contributed by atoms with E-state index < -0.39 is 22.0 Å². The fraction of sp³-hybridized carbons (Fsp3) is 0.467. The van der Waals surface area contributed by atoms with Gasteiger partial charge in [-0.05, 0) is 23.6 Å². The minimum Gasteiger partial charge on any atom is -0.481 e. The first-order chi connectivity index (χ1) is 11.2. The standard InChI is InChI=1S/C15H23N3O5S/c1-11(2)9-18-24(22,23)13-5-3-12(4-6-13)10-17-15(21)16-8-7-14(19)20/h3-6,11,18H,7-10H2,1-2H3,(H,19,20)(H2,16,17,21). The Kier molecular flexibility index (Phi) is 7.66. The highest BCUT2D eigenvalue weighted by molar-refractivity contribution is 7.89. The SMILES string of the molecule is CC(C)CNS(=O)(=O)c1ccc(CNC(=O)NCCC(=O)O)cc1. The van der Waals surface area contributed by atoms with Crippen molar-refractivity contribution >= 4 is 22.0 Å². The van der Waals surface area contributed by atoms with Gasteiger partial charge in [0, 0.05) is 19.6 Å². The third-order valence-electron chi connectivity index (χ3n) is 2.99. The van der Waals surface area contributed by atoms with Crippen LogP contribution < -0.4 is 15.4 Å². The molecular formula is C15H23N3O5S. The second kappa shape index (κ2) is 9.24. The predicted octanol–water partition coefficient (Wildman–Crippen LogP) is 0.895. The van der Waals surface area contributed by atoms with Crippen LogP contribution in [-0.4, -0.2) is 38.6 Å². The molecule has 0 aliphatic heterocycles. The molecule has 0 saturated carbocycles. The van der Waals surface area contributed by atoms with Gasteiger partial charge >= 0.3 is 12.0 Å². The molecule has 2 amide bonds. The molecule has 0 saturated heterocycles. The van der Waals surface area contributed by atoms with Crippen LogP contribution in [0.15, 0.2) is 29.2 Å². The van der Waals surface area contributed by atoms with Crippen LogP contribution in [0.2, 0.25) is 0 Å². The van der Waals surface area contributed by atoms with Crippen LogP contribution >= 0.6 is 0 Å². The normalized spacial score (nSPS) is 11.3. The number of sulfonamides is 1. The van der Waals surface area contributed by atoms with Crippen molar-refractivity contribution in [1.82, 2.24) is 15.4 Å². The Morgan fingerprint density at radius 1 is 1.12 bits per heavy atom. The van der Waals surface area contributed by atoms with Crippen molar-refractivity contribution in [1.29, 1.82) is 0 Å². The Morgan fingerprint density at radius 3 is 2.29 bits per heavy atom. The molecule has 0 heterocycles. The number of urea groups is 1. The number of hydrogen-bond donors (Lipinski definition) is 4. The van der Waals surface area contributed by atoms with Crippen LogP contribution in [0.5, 0.6) is 0 Å². The Bertz CT molecular complexity index is 656. The highest BCUT2D eigenvalue weighted by atomic mass is 32.2. The molecule has 134 valence electrons. The Hall–Kier alpha value is -2.13. The number of nitrogens with one attached hydrogen (secondary N) is 3. The summed E-state index contributed by atoms with van der Waals surface area (Å²) in [6.45, 7) is 4.44. The molecule has 0 aromatic heterocycles. The summed E-state index contributed by atoms with van der Waals surface area (Å²) in [4.78, 5) is 21.9. The van der Waals surface area contributed by atoms with Gasteiger partial charge in [-0.25, -0.2) is 17.9 Å². The molecule has 0 aliphatic carbocycles. The van der Waals surface area contributed by atoms with E-state index in [4.69, 9.17) is 5.11 Å². The van der Waals surface area contributed by atoms with Crippen molar-refractivity contribution < 1.29 is 23.1 Å². The largest absolute Gasteiger partial charge is 0.481 e. The number of benzene rings is 1. The zero-order valence-corrected chi connectivity index (χ0v) is 14.5. The van der Waals surface area contributed by atoms with Gasteiger partial charge in [-0.3, -0.25) is 4.79 Å². The molecule has 9 heteroatoms. The summed E-state index contributed by atoms with van der Waals surface area (Å²) in [6, 6.07) is 5.69. The quantitative estimate of drug-likeness (QED) is 0.522. The summed E-state index contributed by atoms with van der Waals surface area (Å²) in [6.07, 6.45) is -0.149. The third-order valence-corrected chi connectivity index (χ3v) is 4.43. The summed E-state index contributed by atoms with van der Waals surface area (Å²) >= 11 is 0. The second-order valence-electron chi connectivity index (χ2n) is 5.64. The average Bonchev–Trinajstić information content (AvgIpc) is 2.51. The zero-order valence-electron chi connectivity index (χ0n) is 13.7. The molecular weight excluding hydrogens is 334 g/mol. The molecule has 24 heavy (non-hydrogen) atoms. The van der Waals surface area contributed by atoms with E-state index in [-0.39, 0.29) is 30.3 Å². The van der Waals surface area contributed by atoms with E-state index >= 15 is 0 Å². The van der Waals surface area contributed by atoms with E-state index in [0.29, 0.717) is 6.54 Å². The minimum absolute atomic E-state index is 0.0415. The summed E-state index contributed by atoms with van der Waals surface area (Å²) in [5.41, 5.74) is 0.728. The molecule has 0 unspecified atom stereocenters. The predicted molar refractivity (Wildman–Crippen MR) is 89.0 cm³/mol. The molecule has 0 fully saturated rings. The van der Waals surface area contributed by atoms with E-state index in [1.54, 1.807) is 12.1 Å². The molecule has 1 aromatic rings. The lowest BCUT2D eigenvalue weighted by atomic mass is 10.2. The van der Waals surface area contributed by atoms with Gasteiger partial charge in [0.15, 0.2) is 0 Å². The van der Waals surface area contributed by atoms with Gasteiger partial charge < -0.3 is 15.7 Å². The number of carbonyl (C=O) groups excluding carboxylic acids is 1. The Labute approximate surface area is 141 Å². The van der Waals surface area contributed by atoms with Gasteiger partial charge in [0.05, 0.1) is 11.3 Å². The van der Waals surface area contributed by atoms with Crippen LogP contribution in [0.3, 0.4) is 0 Å². The summed E-state index contributed by atoms with van der Waals surface area (Å²) in [5, 5.41) is 13.4. The molecule has 1 rings (SSSR count). The zero-order chi connectivity index (χ0) is 18.2. The van der Waals surface area contributed by atoms with E-state index in [0.717, 1.165) is 5.56 Å². The molecule has 0 bridgehead atoms. The Balaban J connectivity index is 2.50. The van der Waals surface area contributed by atoms with Gasteiger partial charge in [0.2, 0.25) is 10.0 Å². The van der Waals surface area contributed by atoms with Crippen LogP contribution in [0, 0.1) is 5.92 Å². The van der Waals surface area contributed by atoms with Crippen molar-refractivity contribution in [3.8, 4) is 0 Å². The molecule has 0 aliphatic rings. The lowest BCUT2D eigenvalue weighted by Crippen LogP contribution is -2.36. The smallest absolute Gasteiger partial charge is 0.315 e. The van der Waals surface area contributed by atoms with Crippen LogP contribution in [-0.2, 0) is 21.4 Å². The number of carboxylic acid groups (broad SMARTS) is 1. The van der Waals surface area contributed by atoms with Crippen LogP contribution in [0.25, 0.3) is 0 Å². The third kappa shape index (κ3) is 7.42. The number of aliphatic carboxylic acids is 1. The average molecular weight is 357 g/mol. The first-order valence-electron chi connectivity index (χ1n) is 7.53. The summed E-state index contributed by atoms with van der Waals surface area (Å²) < 4.78 is 26.6. The van der Waals surface area contributed by atoms with Crippen molar-refractivity contribution in [2.75, 3.05) is 13.1 Å². The van der Waals surface area contributed by atoms with Gasteiger partial charge in [-0.15, -0.1) is 0 Å². The molecule has 8 nitrogen and oxygen atoms in total. The highest BCUT2D eigenvalue weighted by Gasteiger charge is 2.13. The number of hydrogen-bond acceptors (Lipinski definition) is 4. The maximum atomic E-state index is 12.0. The number of carbonyl (C=O) groups is 2. The lowest BCUT2D eigenvalue weighted by Gasteiger charge is -2.10.